The number of hydrogen-bond donors (Lipinski definition) is 0. The third-order valence-electron chi connectivity index (χ3n) is 1.94. The van der Waals surface area contributed by atoms with Gasteiger partial charge in [-0.05, 0) is 6.92 Å². The Labute approximate surface area is 83.9 Å². The lowest BCUT2D eigenvalue weighted by molar-refractivity contribution is -0.146. The molecule has 0 aliphatic heterocycles. The molecule has 0 saturated carbocycles. The lowest BCUT2D eigenvalue weighted by atomic mass is 10.3. The molecule has 1 unspecified atom stereocenters. The Morgan fingerprint density at radius 2 is 2.43 bits per heavy atom. The van der Waals surface area contributed by atoms with Gasteiger partial charge in [-0.15, -0.1) is 0 Å². The maximum Gasteiger partial charge on any atom is 0.302 e. The third-order valence-corrected chi connectivity index (χ3v) is 1.94. The number of nitrogens with zero attached hydrogens (tertiary/aromatic N) is 2. The van der Waals surface area contributed by atoms with Crippen LogP contribution in [0.5, 0.6) is 0 Å². The van der Waals surface area contributed by atoms with Crippen LogP contribution in [0.2, 0.25) is 0 Å². The number of aromatic nitrogens is 2. The second-order valence-corrected chi connectivity index (χ2v) is 3.27. The Hall–Kier alpha value is -1.32. The molecule has 0 saturated heterocycles. The second-order valence-electron chi connectivity index (χ2n) is 3.27. The molecule has 1 aromatic rings. The summed E-state index contributed by atoms with van der Waals surface area (Å²) < 4.78 is 7.04. The van der Waals surface area contributed by atoms with Crippen LogP contribution >= 0.6 is 0 Å². The van der Waals surface area contributed by atoms with Crippen molar-refractivity contribution in [2.24, 2.45) is 0 Å². The zero-order valence-corrected chi connectivity index (χ0v) is 8.86. The van der Waals surface area contributed by atoms with Gasteiger partial charge in [-0.1, -0.05) is 6.92 Å². The minimum Gasteiger partial charge on any atom is -0.461 e. The number of hydrogen-bond acceptors (Lipinski definition) is 3. The first kappa shape index (κ1) is 10.8. The van der Waals surface area contributed by atoms with Gasteiger partial charge in [0.1, 0.15) is 11.9 Å². The Morgan fingerprint density at radius 3 is 3.00 bits per heavy atom. The molecule has 78 valence electrons. The molecule has 1 aromatic heterocycles. The molecule has 0 aromatic carbocycles. The molecule has 0 amide bonds. The van der Waals surface area contributed by atoms with Crippen molar-refractivity contribution in [3.63, 3.8) is 0 Å². The largest absolute Gasteiger partial charge is 0.461 e. The highest BCUT2D eigenvalue weighted by Gasteiger charge is 2.08. The molecular weight excluding hydrogens is 180 g/mol. The molecule has 0 N–H and O–H groups in total. The number of ether oxygens (including phenoxy) is 1. The van der Waals surface area contributed by atoms with E-state index in [0.717, 1.165) is 12.2 Å². The summed E-state index contributed by atoms with van der Waals surface area (Å²) in [6, 6.07) is 0. The summed E-state index contributed by atoms with van der Waals surface area (Å²) in [5.74, 6) is 0.777. The van der Waals surface area contributed by atoms with Crippen LogP contribution < -0.4 is 0 Å². The first-order valence-corrected chi connectivity index (χ1v) is 4.80. The van der Waals surface area contributed by atoms with Crippen LogP contribution in [0.15, 0.2) is 12.4 Å². The molecule has 0 bridgehead atoms. The lowest BCUT2D eigenvalue weighted by Crippen LogP contribution is -2.19. The fourth-order valence-corrected chi connectivity index (χ4v) is 1.42. The van der Waals surface area contributed by atoms with Gasteiger partial charge in [0.05, 0.1) is 6.54 Å². The van der Waals surface area contributed by atoms with E-state index in [9.17, 15) is 4.79 Å². The van der Waals surface area contributed by atoms with Gasteiger partial charge in [-0.3, -0.25) is 4.79 Å². The van der Waals surface area contributed by atoms with E-state index in [1.165, 1.54) is 6.92 Å². The predicted octanol–water partition coefficient (Wildman–Crippen LogP) is 1.40. The van der Waals surface area contributed by atoms with Crippen molar-refractivity contribution in [1.82, 2.24) is 9.55 Å². The Balaban J connectivity index is 2.55. The summed E-state index contributed by atoms with van der Waals surface area (Å²) in [7, 11) is 0. The average Bonchev–Trinajstić information content (AvgIpc) is 2.50. The van der Waals surface area contributed by atoms with Crippen LogP contribution in [-0.4, -0.2) is 21.6 Å². The van der Waals surface area contributed by atoms with Crippen LogP contribution in [0, 0.1) is 0 Å². The van der Waals surface area contributed by atoms with E-state index in [0.29, 0.717) is 6.54 Å². The summed E-state index contributed by atoms with van der Waals surface area (Å²) in [4.78, 5) is 14.9. The lowest BCUT2D eigenvalue weighted by Gasteiger charge is -2.13. The molecule has 4 nitrogen and oxygen atoms in total. The smallest absolute Gasteiger partial charge is 0.302 e. The fourth-order valence-electron chi connectivity index (χ4n) is 1.42. The highest BCUT2D eigenvalue weighted by atomic mass is 16.5. The van der Waals surface area contributed by atoms with E-state index in [1.807, 2.05) is 17.7 Å². The predicted molar refractivity (Wildman–Crippen MR) is 52.8 cm³/mol. The minimum absolute atomic E-state index is 0.105. The highest BCUT2D eigenvalue weighted by Crippen LogP contribution is 2.02. The SMILES string of the molecule is CCc1nccn1CC(C)OC(C)=O. The van der Waals surface area contributed by atoms with Gasteiger partial charge in [0.25, 0.3) is 0 Å². The van der Waals surface area contributed by atoms with E-state index in [-0.39, 0.29) is 12.1 Å². The summed E-state index contributed by atoms with van der Waals surface area (Å²) in [6.07, 6.45) is 4.45. The van der Waals surface area contributed by atoms with E-state index in [4.69, 9.17) is 4.74 Å². The van der Waals surface area contributed by atoms with Gasteiger partial charge in [0.2, 0.25) is 0 Å². The van der Waals surface area contributed by atoms with Gasteiger partial charge in [0, 0.05) is 25.7 Å². The van der Waals surface area contributed by atoms with Crippen LogP contribution in [0.25, 0.3) is 0 Å². The van der Waals surface area contributed by atoms with E-state index in [1.54, 1.807) is 6.20 Å². The monoisotopic (exact) mass is 196 g/mol. The van der Waals surface area contributed by atoms with Gasteiger partial charge < -0.3 is 9.30 Å². The summed E-state index contributed by atoms with van der Waals surface area (Å²) >= 11 is 0. The van der Waals surface area contributed by atoms with Crippen molar-refractivity contribution in [2.45, 2.75) is 39.8 Å². The molecular formula is C10H16N2O2. The van der Waals surface area contributed by atoms with Crippen molar-refractivity contribution in [3.8, 4) is 0 Å². The standard InChI is InChI=1S/C10H16N2O2/c1-4-10-11-5-6-12(10)7-8(2)14-9(3)13/h5-6,8H,4,7H2,1-3H3. The molecule has 4 heteroatoms. The second kappa shape index (κ2) is 4.79. The molecule has 0 fully saturated rings. The van der Waals surface area contributed by atoms with Crippen LogP contribution in [0.4, 0.5) is 0 Å². The Kier molecular flexibility index (Phi) is 3.68. The quantitative estimate of drug-likeness (QED) is 0.684. The van der Waals surface area contributed by atoms with E-state index < -0.39 is 0 Å². The maximum atomic E-state index is 10.7. The summed E-state index contributed by atoms with van der Waals surface area (Å²) in [5, 5.41) is 0. The molecule has 1 heterocycles. The van der Waals surface area contributed by atoms with Crippen molar-refractivity contribution in [2.75, 3.05) is 0 Å². The molecule has 0 spiro atoms. The Bertz CT molecular complexity index is 307. The molecule has 0 aliphatic rings. The molecule has 14 heavy (non-hydrogen) atoms. The zero-order chi connectivity index (χ0) is 10.6. The van der Waals surface area contributed by atoms with Crippen molar-refractivity contribution < 1.29 is 9.53 Å². The number of carbonyl (C=O) groups is 1. The van der Waals surface area contributed by atoms with Gasteiger partial charge in [0.15, 0.2) is 0 Å². The molecule has 1 atom stereocenters. The topological polar surface area (TPSA) is 44.1 Å². The van der Waals surface area contributed by atoms with Crippen LogP contribution in [-0.2, 0) is 22.5 Å². The summed E-state index contributed by atoms with van der Waals surface area (Å²) in [5.41, 5.74) is 0. The number of imidazole rings is 1. The number of carbonyl (C=O) groups excluding carboxylic acids is 1. The van der Waals surface area contributed by atoms with Gasteiger partial charge >= 0.3 is 5.97 Å². The Morgan fingerprint density at radius 1 is 1.71 bits per heavy atom. The van der Waals surface area contributed by atoms with Gasteiger partial charge in [-0.2, -0.15) is 0 Å². The van der Waals surface area contributed by atoms with Crippen molar-refractivity contribution >= 4 is 5.97 Å². The minimum atomic E-state index is -0.240. The van der Waals surface area contributed by atoms with Crippen molar-refractivity contribution in [3.05, 3.63) is 18.2 Å². The number of rotatable bonds is 4. The zero-order valence-electron chi connectivity index (χ0n) is 8.86. The highest BCUT2D eigenvalue weighted by molar-refractivity contribution is 5.66. The first-order valence-electron chi connectivity index (χ1n) is 4.80. The van der Waals surface area contributed by atoms with E-state index >= 15 is 0 Å². The van der Waals surface area contributed by atoms with Crippen molar-refractivity contribution in [1.29, 1.82) is 0 Å². The molecule has 0 aliphatic carbocycles. The summed E-state index contributed by atoms with van der Waals surface area (Å²) in [6.45, 7) is 6.02. The maximum absolute atomic E-state index is 10.7. The van der Waals surface area contributed by atoms with E-state index in [2.05, 4.69) is 11.9 Å². The third kappa shape index (κ3) is 2.87. The van der Waals surface area contributed by atoms with Crippen LogP contribution in [0.1, 0.15) is 26.6 Å². The van der Waals surface area contributed by atoms with Crippen LogP contribution in [0.3, 0.4) is 0 Å². The first-order chi connectivity index (χ1) is 6.63. The number of esters is 1. The number of aryl methyl sites for hydroxylation is 1. The molecule has 0 radical (unpaired) electrons. The molecule has 1 rings (SSSR count). The fraction of sp³-hybridized carbons (Fsp3) is 0.600. The normalized spacial score (nSPS) is 12.5. The van der Waals surface area contributed by atoms with Gasteiger partial charge in [-0.25, -0.2) is 4.98 Å². The average molecular weight is 196 g/mol.